The van der Waals surface area contributed by atoms with Crippen molar-refractivity contribution in [1.82, 2.24) is 4.90 Å². The van der Waals surface area contributed by atoms with Crippen LogP contribution in [0.3, 0.4) is 0 Å². The van der Waals surface area contributed by atoms with E-state index in [0.29, 0.717) is 31.7 Å². The summed E-state index contributed by atoms with van der Waals surface area (Å²) >= 11 is 3.26. The molecule has 120 valence electrons. The van der Waals surface area contributed by atoms with Crippen molar-refractivity contribution < 1.29 is 14.3 Å². The first-order valence-corrected chi connectivity index (χ1v) is 8.12. The standard InChI is InChI=1S/C17H16BrFN2O2/c18-12-1-6-15(16(22)11-12)17(23)21-9-7-20(8-10-21)14-4-2-13(19)3-5-14/h1-6,11,22H,7-10H2. The molecule has 2 aromatic rings. The molecular formula is C17H16BrFN2O2. The van der Waals surface area contributed by atoms with Gasteiger partial charge in [0.25, 0.3) is 5.91 Å². The molecule has 0 saturated carbocycles. The van der Waals surface area contributed by atoms with E-state index in [-0.39, 0.29) is 17.5 Å². The fourth-order valence-electron chi connectivity index (χ4n) is 2.68. The molecule has 1 fully saturated rings. The normalized spacial score (nSPS) is 14.9. The molecule has 0 radical (unpaired) electrons. The summed E-state index contributed by atoms with van der Waals surface area (Å²) in [4.78, 5) is 16.3. The number of phenols is 1. The lowest BCUT2D eigenvalue weighted by Gasteiger charge is -2.36. The predicted octanol–water partition coefficient (Wildman–Crippen LogP) is 3.26. The zero-order valence-electron chi connectivity index (χ0n) is 12.4. The summed E-state index contributed by atoms with van der Waals surface area (Å²) in [5.74, 6) is -0.452. The molecule has 1 amide bonds. The number of aromatic hydroxyl groups is 1. The van der Waals surface area contributed by atoms with Crippen LogP contribution in [-0.4, -0.2) is 42.1 Å². The zero-order valence-corrected chi connectivity index (χ0v) is 14.0. The Labute approximate surface area is 142 Å². The number of benzene rings is 2. The molecule has 0 aromatic heterocycles. The Morgan fingerprint density at radius 1 is 1.04 bits per heavy atom. The maximum atomic E-state index is 13.0. The van der Waals surface area contributed by atoms with Crippen LogP contribution < -0.4 is 4.90 Å². The lowest BCUT2D eigenvalue weighted by molar-refractivity contribution is 0.0743. The Morgan fingerprint density at radius 3 is 2.30 bits per heavy atom. The van der Waals surface area contributed by atoms with Gasteiger partial charge in [-0.2, -0.15) is 0 Å². The van der Waals surface area contributed by atoms with Crippen LogP contribution in [0.5, 0.6) is 5.75 Å². The number of hydrogen-bond donors (Lipinski definition) is 1. The Bertz CT molecular complexity index is 713. The Kier molecular flexibility index (Phi) is 4.52. The number of piperazine rings is 1. The highest BCUT2D eigenvalue weighted by molar-refractivity contribution is 9.10. The molecule has 0 atom stereocenters. The van der Waals surface area contributed by atoms with E-state index in [2.05, 4.69) is 20.8 Å². The SMILES string of the molecule is O=C(c1ccc(Br)cc1O)N1CCN(c2ccc(F)cc2)CC1. The van der Waals surface area contributed by atoms with Gasteiger partial charge in [-0.3, -0.25) is 4.79 Å². The summed E-state index contributed by atoms with van der Waals surface area (Å²) in [6.07, 6.45) is 0. The summed E-state index contributed by atoms with van der Waals surface area (Å²) in [5, 5.41) is 9.92. The first-order valence-electron chi connectivity index (χ1n) is 7.33. The lowest BCUT2D eigenvalue weighted by atomic mass is 10.1. The van der Waals surface area contributed by atoms with Crippen molar-refractivity contribution in [2.24, 2.45) is 0 Å². The minimum absolute atomic E-state index is 0.0228. The number of carbonyl (C=O) groups is 1. The molecule has 4 nitrogen and oxygen atoms in total. The molecule has 23 heavy (non-hydrogen) atoms. The van der Waals surface area contributed by atoms with Crippen molar-refractivity contribution in [3.63, 3.8) is 0 Å². The van der Waals surface area contributed by atoms with E-state index in [1.807, 2.05) is 0 Å². The highest BCUT2D eigenvalue weighted by atomic mass is 79.9. The zero-order chi connectivity index (χ0) is 16.4. The Balaban J connectivity index is 1.66. The van der Waals surface area contributed by atoms with E-state index >= 15 is 0 Å². The Hall–Kier alpha value is -2.08. The van der Waals surface area contributed by atoms with Crippen molar-refractivity contribution >= 4 is 27.5 Å². The quantitative estimate of drug-likeness (QED) is 0.871. The van der Waals surface area contributed by atoms with Crippen molar-refractivity contribution in [3.05, 3.63) is 58.3 Å². The van der Waals surface area contributed by atoms with E-state index in [1.165, 1.54) is 18.2 Å². The first kappa shape index (κ1) is 15.8. The molecule has 0 unspecified atom stereocenters. The van der Waals surface area contributed by atoms with E-state index in [1.54, 1.807) is 29.2 Å². The van der Waals surface area contributed by atoms with Crippen LogP contribution in [0.15, 0.2) is 46.9 Å². The van der Waals surface area contributed by atoms with Crippen LogP contribution in [0, 0.1) is 5.82 Å². The second-order valence-corrected chi connectivity index (χ2v) is 6.33. The number of hydrogen-bond acceptors (Lipinski definition) is 3. The largest absolute Gasteiger partial charge is 0.507 e. The molecule has 0 bridgehead atoms. The lowest BCUT2D eigenvalue weighted by Crippen LogP contribution is -2.48. The number of nitrogens with zero attached hydrogens (tertiary/aromatic N) is 2. The summed E-state index contributed by atoms with van der Waals surface area (Å²) in [5.41, 5.74) is 1.26. The molecule has 1 N–H and O–H groups in total. The number of carbonyl (C=O) groups excluding carboxylic acids is 1. The predicted molar refractivity (Wildman–Crippen MR) is 90.3 cm³/mol. The number of anilines is 1. The number of halogens is 2. The first-order chi connectivity index (χ1) is 11.0. The van der Waals surface area contributed by atoms with Crippen molar-refractivity contribution in [1.29, 1.82) is 0 Å². The molecule has 2 aromatic carbocycles. The molecule has 1 saturated heterocycles. The van der Waals surface area contributed by atoms with Gasteiger partial charge in [-0.05, 0) is 42.5 Å². The van der Waals surface area contributed by atoms with Gasteiger partial charge >= 0.3 is 0 Å². The summed E-state index contributed by atoms with van der Waals surface area (Å²) < 4.78 is 13.7. The fourth-order valence-corrected chi connectivity index (χ4v) is 3.02. The minimum atomic E-state index is -0.256. The van der Waals surface area contributed by atoms with Gasteiger partial charge < -0.3 is 14.9 Å². The topological polar surface area (TPSA) is 43.8 Å². The molecule has 3 rings (SSSR count). The summed E-state index contributed by atoms with van der Waals surface area (Å²) in [6.45, 7) is 2.47. The van der Waals surface area contributed by atoms with Crippen LogP contribution in [0.25, 0.3) is 0 Å². The molecule has 0 spiro atoms. The van der Waals surface area contributed by atoms with Crippen molar-refractivity contribution in [2.45, 2.75) is 0 Å². The van der Waals surface area contributed by atoms with Gasteiger partial charge in [0.1, 0.15) is 11.6 Å². The fraction of sp³-hybridized carbons (Fsp3) is 0.235. The number of amides is 1. The average molecular weight is 379 g/mol. The highest BCUT2D eigenvalue weighted by Crippen LogP contribution is 2.24. The van der Waals surface area contributed by atoms with Gasteiger partial charge in [0.15, 0.2) is 0 Å². The molecular weight excluding hydrogens is 363 g/mol. The summed E-state index contributed by atoms with van der Waals surface area (Å²) in [6, 6.07) is 11.2. The number of phenolic OH excluding ortho intramolecular Hbond substituents is 1. The van der Waals surface area contributed by atoms with Gasteiger partial charge in [0.2, 0.25) is 0 Å². The maximum absolute atomic E-state index is 13.0. The van der Waals surface area contributed by atoms with Crippen LogP contribution >= 0.6 is 15.9 Å². The molecule has 1 aliphatic heterocycles. The monoisotopic (exact) mass is 378 g/mol. The minimum Gasteiger partial charge on any atom is -0.507 e. The third-order valence-corrected chi connectivity index (χ3v) is 4.44. The maximum Gasteiger partial charge on any atom is 0.257 e. The van der Waals surface area contributed by atoms with Crippen molar-refractivity contribution in [2.75, 3.05) is 31.1 Å². The van der Waals surface area contributed by atoms with Gasteiger partial charge in [0, 0.05) is 36.3 Å². The van der Waals surface area contributed by atoms with E-state index < -0.39 is 0 Å². The van der Waals surface area contributed by atoms with Crippen LogP contribution in [0.4, 0.5) is 10.1 Å². The van der Waals surface area contributed by atoms with Crippen molar-refractivity contribution in [3.8, 4) is 5.75 Å². The third-order valence-electron chi connectivity index (χ3n) is 3.95. The van der Waals surface area contributed by atoms with E-state index in [4.69, 9.17) is 0 Å². The molecule has 1 aliphatic rings. The number of rotatable bonds is 2. The molecule has 0 aliphatic carbocycles. The smallest absolute Gasteiger partial charge is 0.257 e. The second-order valence-electron chi connectivity index (χ2n) is 5.42. The van der Waals surface area contributed by atoms with E-state index in [0.717, 1.165) is 10.2 Å². The van der Waals surface area contributed by atoms with Gasteiger partial charge in [-0.25, -0.2) is 4.39 Å². The summed E-state index contributed by atoms with van der Waals surface area (Å²) in [7, 11) is 0. The average Bonchev–Trinajstić information content (AvgIpc) is 2.55. The van der Waals surface area contributed by atoms with Gasteiger partial charge in [-0.1, -0.05) is 15.9 Å². The third kappa shape index (κ3) is 3.47. The van der Waals surface area contributed by atoms with Crippen LogP contribution in [0.2, 0.25) is 0 Å². The van der Waals surface area contributed by atoms with Crippen LogP contribution in [-0.2, 0) is 0 Å². The van der Waals surface area contributed by atoms with E-state index in [9.17, 15) is 14.3 Å². The highest BCUT2D eigenvalue weighted by Gasteiger charge is 2.24. The molecule has 1 heterocycles. The van der Waals surface area contributed by atoms with Gasteiger partial charge in [-0.15, -0.1) is 0 Å². The molecule has 6 heteroatoms. The second kappa shape index (κ2) is 6.58. The van der Waals surface area contributed by atoms with Crippen LogP contribution in [0.1, 0.15) is 10.4 Å². The Morgan fingerprint density at radius 2 is 1.70 bits per heavy atom. The van der Waals surface area contributed by atoms with Gasteiger partial charge in [0.05, 0.1) is 5.56 Å².